The van der Waals surface area contributed by atoms with Gasteiger partial charge in [0.05, 0.1) is 6.42 Å². The van der Waals surface area contributed by atoms with Crippen molar-refractivity contribution in [2.75, 3.05) is 32.7 Å². The van der Waals surface area contributed by atoms with Crippen molar-refractivity contribution in [3.05, 3.63) is 35.4 Å². The summed E-state index contributed by atoms with van der Waals surface area (Å²) in [6.45, 7) is 0.629. The molecule has 1 atom stereocenters. The summed E-state index contributed by atoms with van der Waals surface area (Å²) in [5, 5.41) is 5.09. The molecule has 10 heteroatoms. The van der Waals surface area contributed by atoms with Gasteiger partial charge in [-0.15, -0.1) is 12.4 Å². The SMILES string of the molecule is Cl.O=C(Cc1c(F)cccc1F)NCC(N1CCNCC1)C(F)(F)F. The van der Waals surface area contributed by atoms with Gasteiger partial charge in [0, 0.05) is 38.3 Å². The highest BCUT2D eigenvalue weighted by atomic mass is 35.5. The molecular formula is C15H19ClF5N3O. The Hall–Kier alpha value is -1.45. The molecule has 0 aromatic heterocycles. The molecule has 1 heterocycles. The van der Waals surface area contributed by atoms with E-state index in [4.69, 9.17) is 0 Å². The van der Waals surface area contributed by atoms with Gasteiger partial charge in [-0.1, -0.05) is 6.07 Å². The van der Waals surface area contributed by atoms with E-state index in [9.17, 15) is 26.7 Å². The van der Waals surface area contributed by atoms with Gasteiger partial charge in [-0.25, -0.2) is 8.78 Å². The molecule has 0 radical (unpaired) electrons. The quantitative estimate of drug-likeness (QED) is 0.758. The molecule has 25 heavy (non-hydrogen) atoms. The summed E-state index contributed by atoms with van der Waals surface area (Å²) < 4.78 is 66.5. The lowest BCUT2D eigenvalue weighted by Crippen LogP contribution is -2.57. The molecule has 2 N–H and O–H groups in total. The van der Waals surface area contributed by atoms with Crippen molar-refractivity contribution in [2.24, 2.45) is 0 Å². The van der Waals surface area contributed by atoms with Crippen molar-refractivity contribution in [3.63, 3.8) is 0 Å². The highest BCUT2D eigenvalue weighted by molar-refractivity contribution is 5.85. The number of benzene rings is 1. The van der Waals surface area contributed by atoms with Crippen LogP contribution in [-0.2, 0) is 11.2 Å². The van der Waals surface area contributed by atoms with E-state index in [0.29, 0.717) is 13.1 Å². The second-order valence-corrected chi connectivity index (χ2v) is 5.52. The number of carbonyl (C=O) groups is 1. The molecule has 0 saturated carbocycles. The van der Waals surface area contributed by atoms with E-state index >= 15 is 0 Å². The van der Waals surface area contributed by atoms with E-state index in [0.717, 1.165) is 18.2 Å². The van der Waals surface area contributed by atoms with Gasteiger partial charge in [0.15, 0.2) is 0 Å². The fraction of sp³-hybridized carbons (Fsp3) is 0.533. The van der Waals surface area contributed by atoms with E-state index in [1.807, 2.05) is 0 Å². The normalized spacial score (nSPS) is 16.8. The summed E-state index contributed by atoms with van der Waals surface area (Å²) >= 11 is 0. The number of alkyl halides is 3. The van der Waals surface area contributed by atoms with E-state index in [2.05, 4.69) is 10.6 Å². The Balaban J connectivity index is 0.00000312. The number of carbonyl (C=O) groups excluding carboxylic acids is 1. The summed E-state index contributed by atoms with van der Waals surface area (Å²) in [6, 6.07) is 1.31. The average Bonchev–Trinajstić information content (AvgIpc) is 2.51. The third-order valence-electron chi connectivity index (χ3n) is 3.86. The lowest BCUT2D eigenvalue weighted by atomic mass is 10.1. The van der Waals surface area contributed by atoms with Gasteiger partial charge < -0.3 is 10.6 Å². The first-order chi connectivity index (χ1) is 11.3. The summed E-state index contributed by atoms with van der Waals surface area (Å²) in [7, 11) is 0. The molecular weight excluding hydrogens is 369 g/mol. The first-order valence-corrected chi connectivity index (χ1v) is 7.50. The minimum atomic E-state index is -4.51. The van der Waals surface area contributed by atoms with Crippen LogP contribution >= 0.6 is 12.4 Å². The molecule has 0 bridgehead atoms. The standard InChI is InChI=1S/C15H18F5N3O.ClH/c16-11-2-1-3-12(17)10(11)8-14(24)22-9-13(15(18,19)20)23-6-4-21-5-7-23;/h1-3,13,21H,4-9H2,(H,22,24);1H. The second kappa shape index (κ2) is 9.30. The Morgan fingerprint density at radius 3 is 2.28 bits per heavy atom. The molecule has 4 nitrogen and oxygen atoms in total. The van der Waals surface area contributed by atoms with E-state index in [1.54, 1.807) is 0 Å². The zero-order chi connectivity index (χ0) is 17.7. The van der Waals surface area contributed by atoms with Gasteiger partial charge in [0.2, 0.25) is 5.91 Å². The van der Waals surface area contributed by atoms with Crippen LogP contribution in [0.5, 0.6) is 0 Å². The van der Waals surface area contributed by atoms with E-state index in [1.165, 1.54) is 4.90 Å². The Morgan fingerprint density at radius 2 is 1.76 bits per heavy atom. The lowest BCUT2D eigenvalue weighted by molar-refractivity contribution is -0.184. The van der Waals surface area contributed by atoms with Crippen LogP contribution in [0.4, 0.5) is 22.0 Å². The first kappa shape index (κ1) is 21.6. The summed E-state index contributed by atoms with van der Waals surface area (Å²) in [5.74, 6) is -2.66. The fourth-order valence-electron chi connectivity index (χ4n) is 2.58. The summed E-state index contributed by atoms with van der Waals surface area (Å²) in [6.07, 6.45) is -5.15. The number of halogens is 6. The molecule has 0 aliphatic carbocycles. The highest BCUT2D eigenvalue weighted by Gasteiger charge is 2.43. The number of hydrogen-bond acceptors (Lipinski definition) is 3. The predicted molar refractivity (Wildman–Crippen MR) is 84.6 cm³/mol. The molecule has 0 spiro atoms. The smallest absolute Gasteiger partial charge is 0.354 e. The van der Waals surface area contributed by atoms with Crippen LogP contribution in [0, 0.1) is 11.6 Å². The van der Waals surface area contributed by atoms with Gasteiger partial charge >= 0.3 is 6.18 Å². The molecule has 142 valence electrons. The van der Waals surface area contributed by atoms with E-state index in [-0.39, 0.29) is 25.5 Å². The zero-order valence-corrected chi connectivity index (χ0v) is 14.0. The molecule has 1 aromatic carbocycles. The molecule has 1 unspecified atom stereocenters. The summed E-state index contributed by atoms with van der Waals surface area (Å²) in [4.78, 5) is 13.0. The van der Waals surface area contributed by atoms with Crippen molar-refractivity contribution >= 4 is 18.3 Å². The lowest BCUT2D eigenvalue weighted by Gasteiger charge is -2.35. The molecule has 1 saturated heterocycles. The molecule has 2 rings (SSSR count). The Bertz CT molecular complexity index is 559. The Kier molecular flexibility index (Phi) is 8.04. The average molecular weight is 388 g/mol. The fourth-order valence-corrected chi connectivity index (χ4v) is 2.58. The third-order valence-corrected chi connectivity index (χ3v) is 3.86. The zero-order valence-electron chi connectivity index (χ0n) is 13.2. The maximum absolute atomic E-state index is 13.5. The monoisotopic (exact) mass is 387 g/mol. The maximum atomic E-state index is 13.5. The number of amides is 1. The van der Waals surface area contributed by atoms with Gasteiger partial charge in [0.25, 0.3) is 0 Å². The van der Waals surface area contributed by atoms with Crippen molar-refractivity contribution in [2.45, 2.75) is 18.6 Å². The van der Waals surface area contributed by atoms with E-state index < -0.39 is 48.3 Å². The van der Waals surface area contributed by atoms with Crippen LogP contribution in [0.1, 0.15) is 5.56 Å². The molecule has 1 aliphatic heterocycles. The minimum absolute atomic E-state index is 0. The largest absolute Gasteiger partial charge is 0.405 e. The van der Waals surface area contributed by atoms with Crippen molar-refractivity contribution < 1.29 is 26.7 Å². The minimum Gasteiger partial charge on any atom is -0.354 e. The number of piperazine rings is 1. The number of nitrogens with zero attached hydrogens (tertiary/aromatic N) is 1. The van der Waals surface area contributed by atoms with Crippen molar-refractivity contribution in [3.8, 4) is 0 Å². The van der Waals surface area contributed by atoms with Crippen molar-refractivity contribution in [1.82, 2.24) is 15.5 Å². The molecule has 1 aliphatic rings. The molecule has 1 aromatic rings. The molecule has 1 amide bonds. The van der Waals surface area contributed by atoms with Crippen LogP contribution in [-0.4, -0.2) is 55.7 Å². The van der Waals surface area contributed by atoms with Crippen LogP contribution in [0.25, 0.3) is 0 Å². The van der Waals surface area contributed by atoms with Gasteiger partial charge in [-0.05, 0) is 12.1 Å². The van der Waals surface area contributed by atoms with Crippen LogP contribution in [0.3, 0.4) is 0 Å². The third kappa shape index (κ3) is 6.09. The predicted octanol–water partition coefficient (Wildman–Crippen LogP) is 1.88. The van der Waals surface area contributed by atoms with Gasteiger partial charge in [0.1, 0.15) is 17.7 Å². The first-order valence-electron chi connectivity index (χ1n) is 7.50. The number of rotatable bonds is 5. The van der Waals surface area contributed by atoms with Crippen LogP contribution < -0.4 is 10.6 Å². The number of hydrogen-bond donors (Lipinski definition) is 2. The van der Waals surface area contributed by atoms with Gasteiger partial charge in [-0.2, -0.15) is 13.2 Å². The Labute approximate surface area is 148 Å². The summed E-state index contributed by atoms with van der Waals surface area (Å²) in [5.41, 5.74) is -0.458. The topological polar surface area (TPSA) is 44.4 Å². The highest BCUT2D eigenvalue weighted by Crippen LogP contribution is 2.24. The van der Waals surface area contributed by atoms with Crippen LogP contribution in [0.15, 0.2) is 18.2 Å². The second-order valence-electron chi connectivity index (χ2n) is 5.52. The maximum Gasteiger partial charge on any atom is 0.405 e. The number of nitrogens with one attached hydrogen (secondary N) is 2. The van der Waals surface area contributed by atoms with Crippen LogP contribution in [0.2, 0.25) is 0 Å². The Morgan fingerprint density at radius 1 is 1.20 bits per heavy atom. The molecule has 1 fully saturated rings. The van der Waals surface area contributed by atoms with Crippen molar-refractivity contribution in [1.29, 1.82) is 0 Å². The van der Waals surface area contributed by atoms with Gasteiger partial charge in [-0.3, -0.25) is 9.69 Å².